The molecular weight excluding hydrogens is 304 g/mol. The van der Waals surface area contributed by atoms with Crippen LogP contribution in [0.5, 0.6) is 0 Å². The van der Waals surface area contributed by atoms with Gasteiger partial charge < -0.3 is 9.64 Å². The maximum atomic E-state index is 12.9. The van der Waals surface area contributed by atoms with Crippen LogP contribution in [0.2, 0.25) is 0 Å². The Balaban J connectivity index is 2.08. The Morgan fingerprint density at radius 3 is 2.33 bits per heavy atom. The normalized spacial score (nSPS) is 24.8. The summed E-state index contributed by atoms with van der Waals surface area (Å²) in [6, 6.07) is 9.37. The first-order valence-electron chi connectivity index (χ1n) is 8.20. The molecule has 0 N–H and O–H groups in total. The molecule has 2 aliphatic heterocycles. The topological polar surface area (TPSA) is 49.9 Å². The van der Waals surface area contributed by atoms with Gasteiger partial charge in [0.1, 0.15) is 5.70 Å². The third-order valence-corrected chi connectivity index (χ3v) is 4.25. The van der Waals surface area contributed by atoms with Crippen LogP contribution >= 0.6 is 0 Å². The number of carbonyl (C=O) groups is 2. The van der Waals surface area contributed by atoms with Crippen LogP contribution in [0.15, 0.2) is 48.7 Å². The van der Waals surface area contributed by atoms with Crippen LogP contribution in [0.1, 0.15) is 19.4 Å². The minimum atomic E-state index is -0.257. The summed E-state index contributed by atoms with van der Waals surface area (Å²) in [4.78, 5) is 29.0. The molecule has 2 unspecified atom stereocenters. The second-order valence-corrected chi connectivity index (χ2v) is 6.26. The first-order chi connectivity index (χ1) is 11.5. The average Bonchev–Trinajstić information content (AvgIpc) is 2.80. The maximum Gasteiger partial charge on any atom is 0.278 e. The lowest BCUT2D eigenvalue weighted by Crippen LogP contribution is -2.47. The number of amides is 2. The van der Waals surface area contributed by atoms with Gasteiger partial charge >= 0.3 is 0 Å². The number of rotatable bonds is 4. The van der Waals surface area contributed by atoms with Crippen molar-refractivity contribution in [2.45, 2.75) is 26.1 Å². The molecule has 1 saturated heterocycles. The van der Waals surface area contributed by atoms with Gasteiger partial charge in [-0.3, -0.25) is 14.5 Å². The molecule has 0 bridgehead atoms. The molecule has 5 heteroatoms. The fourth-order valence-electron chi connectivity index (χ4n) is 3.38. The van der Waals surface area contributed by atoms with Gasteiger partial charge in [-0.25, -0.2) is 0 Å². The number of morpholine rings is 1. The van der Waals surface area contributed by atoms with Gasteiger partial charge in [-0.05, 0) is 19.4 Å². The van der Waals surface area contributed by atoms with E-state index in [-0.39, 0.29) is 30.6 Å². The molecule has 5 nitrogen and oxygen atoms in total. The van der Waals surface area contributed by atoms with Crippen molar-refractivity contribution in [2.75, 3.05) is 19.6 Å². The van der Waals surface area contributed by atoms with Crippen LogP contribution in [-0.2, 0) is 14.3 Å². The van der Waals surface area contributed by atoms with Gasteiger partial charge in [0.15, 0.2) is 0 Å². The quantitative estimate of drug-likeness (QED) is 0.628. The predicted molar refractivity (Wildman–Crippen MR) is 91.9 cm³/mol. The van der Waals surface area contributed by atoms with E-state index in [1.165, 1.54) is 4.90 Å². The van der Waals surface area contributed by atoms with E-state index in [0.717, 1.165) is 5.56 Å². The molecular formula is C19H22N2O3. The highest BCUT2D eigenvalue weighted by Crippen LogP contribution is 2.33. The molecule has 0 saturated carbocycles. The standard InChI is InChI=1S/C19H22N2O3/c1-4-10-21-18(22)16(15-8-6-5-7-9-15)17(19(21)23)20-11-13(2)24-14(3)12-20/h4-9,13-14H,1,10-12H2,2-3H3. The van der Waals surface area contributed by atoms with Gasteiger partial charge in [-0.1, -0.05) is 36.4 Å². The molecule has 1 fully saturated rings. The van der Waals surface area contributed by atoms with Gasteiger partial charge in [-0.15, -0.1) is 6.58 Å². The van der Waals surface area contributed by atoms with Gasteiger partial charge in [0.25, 0.3) is 11.8 Å². The van der Waals surface area contributed by atoms with Crippen LogP contribution in [0.4, 0.5) is 0 Å². The Morgan fingerprint density at radius 2 is 1.75 bits per heavy atom. The largest absolute Gasteiger partial charge is 0.372 e. The summed E-state index contributed by atoms with van der Waals surface area (Å²) in [6.45, 7) is 9.02. The smallest absolute Gasteiger partial charge is 0.278 e. The summed E-state index contributed by atoms with van der Waals surface area (Å²) in [6.07, 6.45) is 1.59. The SMILES string of the molecule is C=CCN1C(=O)C(c2ccccc2)=C(N2CC(C)OC(C)C2)C1=O. The average molecular weight is 326 g/mol. The Morgan fingerprint density at radius 1 is 1.12 bits per heavy atom. The van der Waals surface area contributed by atoms with E-state index in [4.69, 9.17) is 4.74 Å². The lowest BCUT2D eigenvalue weighted by Gasteiger charge is -2.37. The van der Waals surface area contributed by atoms with Crippen LogP contribution in [0, 0.1) is 0 Å². The summed E-state index contributed by atoms with van der Waals surface area (Å²) < 4.78 is 5.76. The van der Waals surface area contributed by atoms with Gasteiger partial charge in [0.2, 0.25) is 0 Å². The van der Waals surface area contributed by atoms with Crippen molar-refractivity contribution < 1.29 is 14.3 Å². The molecule has 0 aromatic heterocycles. The van der Waals surface area contributed by atoms with Crippen molar-refractivity contribution >= 4 is 17.4 Å². The van der Waals surface area contributed by atoms with E-state index in [0.29, 0.717) is 24.4 Å². The molecule has 1 aromatic rings. The molecule has 2 heterocycles. The molecule has 0 spiro atoms. The minimum Gasteiger partial charge on any atom is -0.372 e. The Hall–Kier alpha value is -2.40. The van der Waals surface area contributed by atoms with Crippen LogP contribution in [0.3, 0.4) is 0 Å². The second-order valence-electron chi connectivity index (χ2n) is 6.26. The molecule has 1 aromatic carbocycles. The molecule has 0 radical (unpaired) electrons. The fraction of sp³-hybridized carbons (Fsp3) is 0.368. The lowest BCUT2D eigenvalue weighted by atomic mass is 10.0. The zero-order valence-corrected chi connectivity index (χ0v) is 14.1. The Bertz CT molecular complexity index is 686. The maximum absolute atomic E-state index is 12.9. The van der Waals surface area contributed by atoms with E-state index >= 15 is 0 Å². The van der Waals surface area contributed by atoms with Crippen molar-refractivity contribution in [3.8, 4) is 0 Å². The molecule has 3 rings (SSSR count). The summed E-state index contributed by atoms with van der Waals surface area (Å²) in [5.41, 5.74) is 1.73. The van der Waals surface area contributed by atoms with Crippen LogP contribution in [-0.4, -0.2) is 53.5 Å². The van der Waals surface area contributed by atoms with Crippen LogP contribution in [0.25, 0.3) is 5.57 Å². The number of ether oxygens (including phenoxy) is 1. The van der Waals surface area contributed by atoms with Gasteiger partial charge in [0, 0.05) is 19.6 Å². The number of imide groups is 1. The summed E-state index contributed by atoms with van der Waals surface area (Å²) >= 11 is 0. The molecule has 0 aliphatic carbocycles. The van der Waals surface area contributed by atoms with Crippen molar-refractivity contribution in [1.29, 1.82) is 0 Å². The summed E-state index contributed by atoms with van der Waals surface area (Å²) in [7, 11) is 0. The number of hydrogen-bond donors (Lipinski definition) is 0. The second kappa shape index (κ2) is 6.61. The number of hydrogen-bond acceptors (Lipinski definition) is 4. The van der Waals surface area contributed by atoms with E-state index in [1.54, 1.807) is 6.08 Å². The first-order valence-corrected chi connectivity index (χ1v) is 8.20. The third kappa shape index (κ3) is 2.87. The van der Waals surface area contributed by atoms with Crippen LogP contribution < -0.4 is 0 Å². The monoisotopic (exact) mass is 326 g/mol. The van der Waals surface area contributed by atoms with Crippen molar-refractivity contribution in [3.63, 3.8) is 0 Å². The van der Waals surface area contributed by atoms with Gasteiger partial charge in [0.05, 0.1) is 17.8 Å². The molecule has 2 aliphatic rings. The zero-order chi connectivity index (χ0) is 17.3. The molecule has 126 valence electrons. The highest BCUT2D eigenvalue weighted by atomic mass is 16.5. The van der Waals surface area contributed by atoms with Crippen molar-refractivity contribution in [3.05, 3.63) is 54.2 Å². The predicted octanol–water partition coefficient (Wildman–Crippen LogP) is 2.06. The van der Waals surface area contributed by atoms with E-state index < -0.39 is 0 Å². The number of nitrogens with zero attached hydrogens (tertiary/aromatic N) is 2. The number of carbonyl (C=O) groups excluding carboxylic acids is 2. The summed E-state index contributed by atoms with van der Waals surface area (Å²) in [5.74, 6) is -0.507. The highest BCUT2D eigenvalue weighted by molar-refractivity contribution is 6.35. The third-order valence-electron chi connectivity index (χ3n) is 4.25. The Kier molecular flexibility index (Phi) is 4.53. The lowest BCUT2D eigenvalue weighted by molar-refractivity contribution is -0.137. The van der Waals surface area contributed by atoms with Crippen molar-refractivity contribution in [1.82, 2.24) is 9.80 Å². The molecule has 2 atom stereocenters. The van der Waals surface area contributed by atoms with Gasteiger partial charge in [-0.2, -0.15) is 0 Å². The Labute approximate surface area is 142 Å². The fourth-order valence-corrected chi connectivity index (χ4v) is 3.38. The summed E-state index contributed by atoms with van der Waals surface area (Å²) in [5, 5.41) is 0. The minimum absolute atomic E-state index is 0.00892. The zero-order valence-electron chi connectivity index (χ0n) is 14.1. The number of benzene rings is 1. The van der Waals surface area contributed by atoms with E-state index in [1.807, 2.05) is 49.1 Å². The van der Waals surface area contributed by atoms with E-state index in [2.05, 4.69) is 6.58 Å². The molecule has 24 heavy (non-hydrogen) atoms. The highest BCUT2D eigenvalue weighted by Gasteiger charge is 2.42. The van der Waals surface area contributed by atoms with Crippen molar-refractivity contribution in [2.24, 2.45) is 0 Å². The van der Waals surface area contributed by atoms with E-state index in [9.17, 15) is 9.59 Å². The first kappa shape index (κ1) is 16.5. The molecule has 2 amide bonds.